The zero-order chi connectivity index (χ0) is 26.8. The molecule has 3 aromatic carbocycles. The number of para-hydroxylation sites is 1. The summed E-state index contributed by atoms with van der Waals surface area (Å²) in [7, 11) is 0. The summed E-state index contributed by atoms with van der Waals surface area (Å²) in [6, 6.07) is 33.3. The summed E-state index contributed by atoms with van der Waals surface area (Å²) in [5.41, 5.74) is 8.15. The van der Waals surface area contributed by atoms with E-state index < -0.39 is 0 Å². The van der Waals surface area contributed by atoms with E-state index in [4.69, 9.17) is 0 Å². The molecule has 1 N–H and O–H groups in total. The molecule has 3 heterocycles. The van der Waals surface area contributed by atoms with Crippen LogP contribution in [0.1, 0.15) is 43.4 Å². The molecule has 0 atom stereocenters. The van der Waals surface area contributed by atoms with Crippen molar-refractivity contribution in [1.29, 1.82) is 0 Å². The van der Waals surface area contributed by atoms with Crippen LogP contribution in [0, 0.1) is 6.92 Å². The molecule has 0 spiro atoms. The van der Waals surface area contributed by atoms with Crippen LogP contribution in [0.3, 0.4) is 0 Å². The molecule has 2 amide bonds. The SMILES string of the molecule is Cc1ccccc1-c1ccc(C(=O)N2Cc3ccc(C(=O)NCc4ccccn4)n3Cc3ccccc32)cc1. The van der Waals surface area contributed by atoms with Gasteiger partial charge >= 0.3 is 0 Å². The normalized spacial score (nSPS) is 12.3. The number of anilines is 1. The second-order valence-electron chi connectivity index (χ2n) is 9.71. The first-order valence-electron chi connectivity index (χ1n) is 13.0. The molecule has 39 heavy (non-hydrogen) atoms. The maximum Gasteiger partial charge on any atom is 0.268 e. The Labute approximate surface area is 227 Å². The molecule has 6 nitrogen and oxygen atoms in total. The summed E-state index contributed by atoms with van der Waals surface area (Å²) in [6.45, 7) is 3.30. The lowest BCUT2D eigenvalue weighted by molar-refractivity contribution is 0.0940. The molecular weight excluding hydrogens is 484 g/mol. The largest absolute Gasteiger partial charge is 0.345 e. The first kappa shape index (κ1) is 24.4. The Kier molecular flexibility index (Phi) is 6.51. The smallest absolute Gasteiger partial charge is 0.268 e. The fourth-order valence-electron chi connectivity index (χ4n) is 5.15. The third-order valence-electron chi connectivity index (χ3n) is 7.22. The van der Waals surface area contributed by atoms with Gasteiger partial charge in [0, 0.05) is 23.1 Å². The first-order chi connectivity index (χ1) is 19.1. The van der Waals surface area contributed by atoms with E-state index in [0.717, 1.165) is 33.8 Å². The number of pyridine rings is 1. The second kappa shape index (κ2) is 10.4. The van der Waals surface area contributed by atoms with Gasteiger partial charge < -0.3 is 14.8 Å². The highest BCUT2D eigenvalue weighted by molar-refractivity contribution is 6.07. The Morgan fingerprint density at radius 1 is 0.821 bits per heavy atom. The molecule has 6 heteroatoms. The quantitative estimate of drug-likeness (QED) is 0.314. The van der Waals surface area contributed by atoms with Gasteiger partial charge in [0.05, 0.1) is 25.3 Å². The number of nitrogens with zero attached hydrogens (tertiary/aromatic N) is 3. The Morgan fingerprint density at radius 2 is 1.59 bits per heavy atom. The van der Waals surface area contributed by atoms with Crippen LogP contribution in [0.5, 0.6) is 0 Å². The number of nitrogens with one attached hydrogen (secondary N) is 1. The molecule has 192 valence electrons. The predicted molar refractivity (Wildman–Crippen MR) is 153 cm³/mol. The average Bonchev–Trinajstić information content (AvgIpc) is 3.29. The van der Waals surface area contributed by atoms with Crippen LogP contribution in [0.25, 0.3) is 11.1 Å². The van der Waals surface area contributed by atoms with Crippen LogP contribution >= 0.6 is 0 Å². The van der Waals surface area contributed by atoms with Crippen molar-refractivity contribution < 1.29 is 9.59 Å². The van der Waals surface area contributed by atoms with Gasteiger partial charge in [0.1, 0.15) is 5.69 Å². The lowest BCUT2D eigenvalue weighted by Crippen LogP contribution is -2.30. The van der Waals surface area contributed by atoms with E-state index in [1.807, 2.05) is 100 Å². The van der Waals surface area contributed by atoms with Gasteiger partial charge in [-0.15, -0.1) is 0 Å². The van der Waals surface area contributed by atoms with Crippen molar-refractivity contribution in [2.75, 3.05) is 4.90 Å². The van der Waals surface area contributed by atoms with E-state index in [0.29, 0.717) is 30.9 Å². The van der Waals surface area contributed by atoms with E-state index in [1.54, 1.807) is 6.20 Å². The Morgan fingerprint density at radius 3 is 2.38 bits per heavy atom. The fraction of sp³-hybridized carbons (Fsp3) is 0.121. The topological polar surface area (TPSA) is 67.2 Å². The maximum absolute atomic E-state index is 13.9. The fourth-order valence-corrected chi connectivity index (χ4v) is 5.15. The Balaban J connectivity index is 1.28. The molecule has 1 aliphatic rings. The minimum atomic E-state index is -0.170. The van der Waals surface area contributed by atoms with Gasteiger partial charge in [-0.1, -0.05) is 60.7 Å². The van der Waals surface area contributed by atoms with Crippen molar-refractivity contribution in [1.82, 2.24) is 14.9 Å². The van der Waals surface area contributed by atoms with Crippen molar-refractivity contribution in [3.05, 3.63) is 143 Å². The van der Waals surface area contributed by atoms with Gasteiger partial charge in [0.15, 0.2) is 0 Å². The lowest BCUT2D eigenvalue weighted by Gasteiger charge is -2.23. The minimum absolute atomic E-state index is 0.0745. The summed E-state index contributed by atoms with van der Waals surface area (Å²) in [6.07, 6.45) is 1.71. The summed E-state index contributed by atoms with van der Waals surface area (Å²) >= 11 is 0. The van der Waals surface area contributed by atoms with Crippen LogP contribution in [0.15, 0.2) is 109 Å². The van der Waals surface area contributed by atoms with Gasteiger partial charge in [-0.05, 0) is 71.6 Å². The predicted octanol–water partition coefficient (Wildman–Crippen LogP) is 6.00. The lowest BCUT2D eigenvalue weighted by atomic mass is 9.99. The number of benzene rings is 3. The van der Waals surface area contributed by atoms with Crippen molar-refractivity contribution in [3.63, 3.8) is 0 Å². The number of carbonyl (C=O) groups excluding carboxylic acids is 2. The highest BCUT2D eigenvalue weighted by Gasteiger charge is 2.27. The number of aromatic nitrogens is 2. The number of hydrogen-bond acceptors (Lipinski definition) is 3. The highest BCUT2D eigenvalue weighted by atomic mass is 16.2. The Bertz CT molecular complexity index is 1660. The average molecular weight is 513 g/mol. The van der Waals surface area contributed by atoms with Crippen LogP contribution in [0.4, 0.5) is 5.69 Å². The number of fused-ring (bicyclic) bond motifs is 2. The van der Waals surface area contributed by atoms with Gasteiger partial charge in [-0.3, -0.25) is 14.6 Å². The molecule has 6 rings (SSSR count). The van der Waals surface area contributed by atoms with E-state index in [2.05, 4.69) is 29.4 Å². The van der Waals surface area contributed by atoms with Crippen LogP contribution in [-0.2, 0) is 19.6 Å². The van der Waals surface area contributed by atoms with Crippen LogP contribution < -0.4 is 10.2 Å². The number of aryl methyl sites for hydroxylation is 1. The summed E-state index contributed by atoms with van der Waals surface area (Å²) < 4.78 is 2.00. The molecule has 0 radical (unpaired) electrons. The van der Waals surface area contributed by atoms with Gasteiger partial charge in [-0.25, -0.2) is 0 Å². The third kappa shape index (κ3) is 4.84. The molecule has 0 saturated heterocycles. The van der Waals surface area contributed by atoms with E-state index in [-0.39, 0.29) is 11.8 Å². The molecule has 0 bridgehead atoms. The number of amides is 2. The monoisotopic (exact) mass is 512 g/mol. The van der Waals surface area contributed by atoms with Crippen molar-refractivity contribution in [3.8, 4) is 11.1 Å². The standard InChI is InChI=1S/C33H28N4O2/c1-23-8-2-4-11-29(23)24-13-15-25(16-14-24)33(39)37-22-28-17-18-31(32(38)35-20-27-10-6-7-19-34-27)36(28)21-26-9-3-5-12-30(26)37/h2-19H,20-22H2,1H3,(H,35,38). The van der Waals surface area contributed by atoms with Gasteiger partial charge in [0.25, 0.3) is 11.8 Å². The summed E-state index contributed by atoms with van der Waals surface area (Å²) in [5, 5.41) is 2.98. The molecule has 2 aromatic heterocycles. The number of carbonyl (C=O) groups is 2. The molecule has 0 saturated carbocycles. The van der Waals surface area contributed by atoms with Crippen LogP contribution in [-0.4, -0.2) is 21.4 Å². The van der Waals surface area contributed by atoms with Crippen molar-refractivity contribution in [2.45, 2.75) is 26.6 Å². The highest BCUT2D eigenvalue weighted by Crippen LogP contribution is 2.31. The minimum Gasteiger partial charge on any atom is -0.345 e. The van der Waals surface area contributed by atoms with Crippen LogP contribution in [0.2, 0.25) is 0 Å². The zero-order valence-electron chi connectivity index (χ0n) is 21.7. The van der Waals surface area contributed by atoms with Gasteiger partial charge in [0.2, 0.25) is 0 Å². The van der Waals surface area contributed by atoms with E-state index >= 15 is 0 Å². The third-order valence-corrected chi connectivity index (χ3v) is 7.22. The summed E-state index contributed by atoms with van der Waals surface area (Å²) in [4.78, 5) is 33.1. The maximum atomic E-state index is 13.9. The van der Waals surface area contributed by atoms with Crippen molar-refractivity contribution >= 4 is 17.5 Å². The molecule has 0 fully saturated rings. The van der Waals surface area contributed by atoms with E-state index in [9.17, 15) is 9.59 Å². The Hall–Kier alpha value is -4.97. The first-order valence-corrected chi connectivity index (χ1v) is 13.0. The molecule has 0 aliphatic carbocycles. The van der Waals surface area contributed by atoms with E-state index in [1.165, 1.54) is 5.56 Å². The molecular formula is C33H28N4O2. The second-order valence-corrected chi connectivity index (χ2v) is 9.71. The summed E-state index contributed by atoms with van der Waals surface area (Å²) in [5.74, 6) is -0.245. The van der Waals surface area contributed by atoms with Gasteiger partial charge in [-0.2, -0.15) is 0 Å². The number of hydrogen-bond donors (Lipinski definition) is 1. The van der Waals surface area contributed by atoms with Crippen molar-refractivity contribution in [2.24, 2.45) is 0 Å². The molecule has 5 aromatic rings. The zero-order valence-corrected chi connectivity index (χ0v) is 21.7. The molecule has 0 unspecified atom stereocenters. The molecule has 1 aliphatic heterocycles. The number of rotatable bonds is 5.